The van der Waals surface area contributed by atoms with Crippen molar-refractivity contribution in [1.82, 2.24) is 4.90 Å². The molecule has 2 heteroatoms. The molecule has 3 rings (SSSR count). The van der Waals surface area contributed by atoms with Crippen molar-refractivity contribution in [3.05, 3.63) is 64.7 Å². The van der Waals surface area contributed by atoms with E-state index < -0.39 is 0 Å². The van der Waals surface area contributed by atoms with Crippen LogP contribution in [0, 0.1) is 0 Å². The third-order valence-electron chi connectivity index (χ3n) is 3.79. The fraction of sp³-hybridized carbons (Fsp3) is 0.294. The van der Waals surface area contributed by atoms with Crippen LogP contribution in [0.25, 0.3) is 0 Å². The van der Waals surface area contributed by atoms with E-state index in [9.17, 15) is 0 Å². The van der Waals surface area contributed by atoms with Crippen LogP contribution in [-0.2, 0) is 19.5 Å². The molecular formula is C17H19NO. The van der Waals surface area contributed by atoms with Gasteiger partial charge < -0.3 is 4.74 Å². The first kappa shape index (κ1) is 12.2. The Balaban J connectivity index is 2.06. The maximum Gasteiger partial charge on any atom is 0.119 e. The maximum atomic E-state index is 5.34. The van der Waals surface area contributed by atoms with Crippen molar-refractivity contribution >= 4 is 0 Å². The van der Waals surface area contributed by atoms with E-state index in [4.69, 9.17) is 4.74 Å². The van der Waals surface area contributed by atoms with Gasteiger partial charge in [0.15, 0.2) is 0 Å². The van der Waals surface area contributed by atoms with Crippen LogP contribution < -0.4 is 4.74 Å². The summed E-state index contributed by atoms with van der Waals surface area (Å²) in [6, 6.07) is 15.2. The lowest BCUT2D eigenvalue weighted by molar-refractivity contribution is 0.314. The molecule has 0 aromatic heterocycles. The molecule has 0 saturated heterocycles. The topological polar surface area (TPSA) is 12.5 Å². The molecule has 0 bridgehead atoms. The lowest BCUT2D eigenvalue weighted by atomic mass is 9.94. The summed E-state index contributed by atoms with van der Waals surface area (Å²) in [7, 11) is 3.90. The Morgan fingerprint density at radius 3 is 2.37 bits per heavy atom. The second kappa shape index (κ2) is 5.06. The highest BCUT2D eigenvalue weighted by molar-refractivity contribution is 5.41. The second-order valence-corrected chi connectivity index (χ2v) is 5.25. The zero-order chi connectivity index (χ0) is 13.2. The van der Waals surface area contributed by atoms with Crippen LogP contribution in [0.1, 0.15) is 22.3 Å². The third-order valence-corrected chi connectivity index (χ3v) is 3.79. The van der Waals surface area contributed by atoms with E-state index in [0.717, 1.165) is 25.3 Å². The normalized spacial score (nSPS) is 15.1. The first-order chi connectivity index (χ1) is 9.26. The molecular weight excluding hydrogens is 234 g/mol. The van der Waals surface area contributed by atoms with Gasteiger partial charge in [0.2, 0.25) is 0 Å². The van der Waals surface area contributed by atoms with Gasteiger partial charge in [-0.3, -0.25) is 4.90 Å². The largest absolute Gasteiger partial charge is 0.497 e. The molecule has 0 fully saturated rings. The van der Waals surface area contributed by atoms with Crippen molar-refractivity contribution in [2.75, 3.05) is 14.2 Å². The maximum absolute atomic E-state index is 5.34. The van der Waals surface area contributed by atoms with Gasteiger partial charge in [-0.25, -0.2) is 0 Å². The molecule has 1 aliphatic heterocycles. The number of benzene rings is 2. The number of nitrogens with zero attached hydrogens (tertiary/aromatic N) is 1. The van der Waals surface area contributed by atoms with Gasteiger partial charge >= 0.3 is 0 Å². The molecule has 2 aromatic rings. The van der Waals surface area contributed by atoms with E-state index in [1.807, 2.05) is 0 Å². The minimum atomic E-state index is 0.945. The van der Waals surface area contributed by atoms with Gasteiger partial charge in [-0.05, 0) is 47.9 Å². The molecule has 0 unspecified atom stereocenters. The Morgan fingerprint density at radius 1 is 0.895 bits per heavy atom. The molecule has 1 aliphatic rings. The molecule has 1 heterocycles. The Bertz CT molecular complexity index is 592. The van der Waals surface area contributed by atoms with Gasteiger partial charge in [0.05, 0.1) is 7.11 Å². The van der Waals surface area contributed by atoms with Gasteiger partial charge in [-0.2, -0.15) is 0 Å². The lowest BCUT2D eigenvalue weighted by Crippen LogP contribution is -2.21. The molecule has 2 nitrogen and oxygen atoms in total. The quantitative estimate of drug-likeness (QED) is 0.773. The molecule has 0 saturated carbocycles. The van der Waals surface area contributed by atoms with E-state index in [2.05, 4.69) is 54.4 Å². The summed E-state index contributed by atoms with van der Waals surface area (Å²) >= 11 is 0. The molecule has 2 aromatic carbocycles. The summed E-state index contributed by atoms with van der Waals surface area (Å²) in [4.78, 5) is 2.36. The summed E-state index contributed by atoms with van der Waals surface area (Å²) in [5, 5.41) is 0. The Kier molecular flexibility index (Phi) is 3.26. The fourth-order valence-electron chi connectivity index (χ4n) is 2.78. The molecule has 19 heavy (non-hydrogen) atoms. The second-order valence-electron chi connectivity index (χ2n) is 5.25. The SMILES string of the molecule is COc1ccc2c(c1)CN(C)Cc1ccccc1C2. The number of hydrogen-bond donors (Lipinski definition) is 0. The van der Waals surface area contributed by atoms with Crippen LogP contribution in [0.4, 0.5) is 0 Å². The van der Waals surface area contributed by atoms with Crippen LogP contribution in [0.3, 0.4) is 0 Å². The number of methoxy groups -OCH3 is 1. The summed E-state index contributed by atoms with van der Waals surface area (Å²) < 4.78 is 5.34. The Morgan fingerprint density at radius 2 is 1.58 bits per heavy atom. The molecule has 0 spiro atoms. The number of fused-ring (bicyclic) bond motifs is 2. The molecule has 0 aliphatic carbocycles. The van der Waals surface area contributed by atoms with Gasteiger partial charge in [0.25, 0.3) is 0 Å². The summed E-state index contributed by atoms with van der Waals surface area (Å²) in [6.45, 7) is 1.98. The van der Waals surface area contributed by atoms with Crippen molar-refractivity contribution < 1.29 is 4.74 Å². The van der Waals surface area contributed by atoms with Crippen LogP contribution in [0.5, 0.6) is 5.75 Å². The predicted octanol–water partition coefficient (Wildman–Crippen LogP) is 3.23. The summed E-state index contributed by atoms with van der Waals surface area (Å²) in [6.07, 6.45) is 1.02. The Labute approximate surface area is 114 Å². The van der Waals surface area contributed by atoms with Crippen molar-refractivity contribution in [1.29, 1.82) is 0 Å². The highest BCUT2D eigenvalue weighted by atomic mass is 16.5. The molecule has 0 radical (unpaired) electrons. The van der Waals surface area contributed by atoms with Gasteiger partial charge in [-0.15, -0.1) is 0 Å². The first-order valence-electron chi connectivity index (χ1n) is 6.67. The standard InChI is InChI=1S/C17H19NO/c1-18-11-15-6-4-3-5-13(15)9-14-7-8-17(19-2)10-16(14)12-18/h3-8,10H,9,11-12H2,1-2H3. The summed E-state index contributed by atoms with van der Waals surface area (Å²) in [5.74, 6) is 0.945. The van der Waals surface area contributed by atoms with E-state index in [1.54, 1.807) is 7.11 Å². The van der Waals surface area contributed by atoms with Crippen LogP contribution in [-0.4, -0.2) is 19.1 Å². The van der Waals surface area contributed by atoms with Gasteiger partial charge in [-0.1, -0.05) is 30.3 Å². The van der Waals surface area contributed by atoms with E-state index in [-0.39, 0.29) is 0 Å². The van der Waals surface area contributed by atoms with E-state index >= 15 is 0 Å². The van der Waals surface area contributed by atoms with Crippen molar-refractivity contribution in [2.45, 2.75) is 19.5 Å². The average Bonchev–Trinajstić information content (AvgIpc) is 2.40. The minimum absolute atomic E-state index is 0.945. The average molecular weight is 253 g/mol. The number of hydrogen-bond acceptors (Lipinski definition) is 2. The van der Waals surface area contributed by atoms with Crippen molar-refractivity contribution in [3.8, 4) is 5.75 Å². The first-order valence-corrected chi connectivity index (χ1v) is 6.67. The molecule has 0 atom stereocenters. The van der Waals surface area contributed by atoms with E-state index in [1.165, 1.54) is 22.3 Å². The third kappa shape index (κ3) is 2.49. The minimum Gasteiger partial charge on any atom is -0.497 e. The molecule has 0 N–H and O–H groups in total. The zero-order valence-corrected chi connectivity index (χ0v) is 11.5. The Hall–Kier alpha value is -1.80. The highest BCUT2D eigenvalue weighted by Crippen LogP contribution is 2.26. The lowest BCUT2D eigenvalue weighted by Gasteiger charge is -2.24. The van der Waals surface area contributed by atoms with Crippen LogP contribution >= 0.6 is 0 Å². The van der Waals surface area contributed by atoms with E-state index in [0.29, 0.717) is 0 Å². The predicted molar refractivity (Wildman–Crippen MR) is 77.4 cm³/mol. The zero-order valence-electron chi connectivity index (χ0n) is 11.5. The van der Waals surface area contributed by atoms with Crippen molar-refractivity contribution in [2.24, 2.45) is 0 Å². The molecule has 98 valence electrons. The van der Waals surface area contributed by atoms with Crippen LogP contribution in [0.15, 0.2) is 42.5 Å². The van der Waals surface area contributed by atoms with Crippen molar-refractivity contribution in [3.63, 3.8) is 0 Å². The fourth-order valence-corrected chi connectivity index (χ4v) is 2.78. The monoisotopic (exact) mass is 253 g/mol. The van der Waals surface area contributed by atoms with Gasteiger partial charge in [0, 0.05) is 13.1 Å². The van der Waals surface area contributed by atoms with Crippen LogP contribution in [0.2, 0.25) is 0 Å². The number of ether oxygens (including phenoxy) is 1. The highest BCUT2D eigenvalue weighted by Gasteiger charge is 2.14. The summed E-state index contributed by atoms with van der Waals surface area (Å²) in [5.41, 5.74) is 5.64. The smallest absolute Gasteiger partial charge is 0.119 e. The molecule has 0 amide bonds. The number of rotatable bonds is 1. The van der Waals surface area contributed by atoms with Gasteiger partial charge in [0.1, 0.15) is 5.75 Å².